The van der Waals surface area contributed by atoms with Gasteiger partial charge in [-0.25, -0.2) is 4.79 Å². The molecule has 1 aromatic carbocycles. The lowest BCUT2D eigenvalue weighted by atomic mass is 9.88. The third-order valence-corrected chi connectivity index (χ3v) is 3.48. The second-order valence-corrected chi connectivity index (χ2v) is 5.58. The van der Waals surface area contributed by atoms with Gasteiger partial charge >= 0.3 is 6.03 Å². The number of benzene rings is 1. The molecule has 0 atom stereocenters. The van der Waals surface area contributed by atoms with Crippen LogP contribution in [0.5, 0.6) is 0 Å². The lowest BCUT2D eigenvalue weighted by Gasteiger charge is -2.19. The van der Waals surface area contributed by atoms with Gasteiger partial charge in [0.1, 0.15) is 0 Å². The van der Waals surface area contributed by atoms with E-state index in [0.29, 0.717) is 18.4 Å². The van der Waals surface area contributed by atoms with Gasteiger partial charge in [-0.2, -0.15) is 0 Å². The number of rotatable bonds is 2. The molecule has 0 aliphatic carbocycles. The SMILES string of the molecule is CC(C)c1cc2c(cc1C(C)C)NC(=O)NCC2. The topological polar surface area (TPSA) is 41.1 Å². The van der Waals surface area contributed by atoms with E-state index < -0.39 is 0 Å². The third-order valence-electron chi connectivity index (χ3n) is 3.48. The first-order valence-electron chi connectivity index (χ1n) is 6.70. The molecule has 1 aliphatic rings. The van der Waals surface area contributed by atoms with Crippen molar-refractivity contribution in [2.75, 3.05) is 11.9 Å². The Morgan fingerprint density at radius 3 is 2.28 bits per heavy atom. The minimum absolute atomic E-state index is 0.0965. The molecule has 2 N–H and O–H groups in total. The Kier molecular flexibility index (Phi) is 3.60. The minimum atomic E-state index is -0.0965. The number of carbonyl (C=O) groups is 1. The van der Waals surface area contributed by atoms with Crippen molar-refractivity contribution in [3.8, 4) is 0 Å². The minimum Gasteiger partial charge on any atom is -0.338 e. The fourth-order valence-electron chi connectivity index (χ4n) is 2.48. The molecule has 1 aromatic rings. The first kappa shape index (κ1) is 12.9. The lowest BCUT2D eigenvalue weighted by Crippen LogP contribution is -2.27. The van der Waals surface area contributed by atoms with Gasteiger partial charge in [0.25, 0.3) is 0 Å². The van der Waals surface area contributed by atoms with Crippen molar-refractivity contribution in [3.05, 3.63) is 28.8 Å². The highest BCUT2D eigenvalue weighted by atomic mass is 16.2. The van der Waals surface area contributed by atoms with Crippen LogP contribution < -0.4 is 10.6 Å². The second-order valence-electron chi connectivity index (χ2n) is 5.58. The van der Waals surface area contributed by atoms with Crippen molar-refractivity contribution in [2.45, 2.75) is 46.0 Å². The Hall–Kier alpha value is -1.51. The maximum atomic E-state index is 11.5. The smallest absolute Gasteiger partial charge is 0.319 e. The Labute approximate surface area is 109 Å². The predicted octanol–water partition coefficient (Wildman–Crippen LogP) is 3.61. The highest BCUT2D eigenvalue weighted by Gasteiger charge is 2.17. The number of amides is 2. The number of hydrogen-bond donors (Lipinski definition) is 2. The maximum Gasteiger partial charge on any atom is 0.319 e. The summed E-state index contributed by atoms with van der Waals surface area (Å²) in [4.78, 5) is 11.5. The number of nitrogens with one attached hydrogen (secondary N) is 2. The molecule has 0 unspecified atom stereocenters. The summed E-state index contributed by atoms with van der Waals surface area (Å²) in [6.45, 7) is 9.55. The van der Waals surface area contributed by atoms with Crippen LogP contribution in [0.4, 0.5) is 10.5 Å². The van der Waals surface area contributed by atoms with Gasteiger partial charge in [0.2, 0.25) is 0 Å². The fourth-order valence-corrected chi connectivity index (χ4v) is 2.48. The first-order chi connectivity index (χ1) is 8.49. The Morgan fingerprint density at radius 1 is 1.06 bits per heavy atom. The molecule has 0 aromatic heterocycles. The zero-order valence-corrected chi connectivity index (χ0v) is 11.6. The van der Waals surface area contributed by atoms with Gasteiger partial charge in [0.15, 0.2) is 0 Å². The molecule has 0 spiro atoms. The molecule has 3 heteroatoms. The standard InChI is InChI=1S/C15H22N2O/c1-9(2)12-7-11-5-6-16-15(18)17-14(11)8-13(12)10(3)4/h7-10H,5-6H2,1-4H3,(H2,16,17,18). The van der Waals surface area contributed by atoms with Crippen LogP contribution in [0.3, 0.4) is 0 Å². The molecule has 0 bridgehead atoms. The van der Waals surface area contributed by atoms with E-state index in [2.05, 4.69) is 50.5 Å². The number of fused-ring (bicyclic) bond motifs is 1. The monoisotopic (exact) mass is 246 g/mol. The largest absolute Gasteiger partial charge is 0.338 e. The molecule has 0 fully saturated rings. The van der Waals surface area contributed by atoms with Crippen LogP contribution in [0.1, 0.15) is 56.2 Å². The van der Waals surface area contributed by atoms with E-state index >= 15 is 0 Å². The van der Waals surface area contributed by atoms with Crippen LogP contribution in [-0.4, -0.2) is 12.6 Å². The van der Waals surface area contributed by atoms with E-state index in [4.69, 9.17) is 0 Å². The molecule has 1 aliphatic heterocycles. The van der Waals surface area contributed by atoms with E-state index in [1.165, 1.54) is 16.7 Å². The summed E-state index contributed by atoms with van der Waals surface area (Å²) >= 11 is 0. The molecular formula is C15H22N2O. The van der Waals surface area contributed by atoms with Gasteiger partial charge in [0, 0.05) is 12.2 Å². The summed E-state index contributed by atoms with van der Waals surface area (Å²) in [5.41, 5.74) is 4.95. The molecule has 2 amide bonds. The third kappa shape index (κ3) is 2.50. The Balaban J connectivity index is 2.52. The van der Waals surface area contributed by atoms with Gasteiger partial charge in [-0.15, -0.1) is 0 Å². The van der Waals surface area contributed by atoms with Crippen LogP contribution in [0.2, 0.25) is 0 Å². The van der Waals surface area contributed by atoms with Crippen LogP contribution in [0.25, 0.3) is 0 Å². The zero-order chi connectivity index (χ0) is 13.3. The van der Waals surface area contributed by atoms with E-state index in [1.54, 1.807) is 0 Å². The van der Waals surface area contributed by atoms with Crippen molar-refractivity contribution in [1.29, 1.82) is 0 Å². The molecule has 18 heavy (non-hydrogen) atoms. The molecule has 0 saturated carbocycles. The van der Waals surface area contributed by atoms with Crippen molar-refractivity contribution >= 4 is 11.7 Å². The van der Waals surface area contributed by atoms with Crippen LogP contribution in [0, 0.1) is 0 Å². The molecule has 0 radical (unpaired) electrons. The van der Waals surface area contributed by atoms with Gasteiger partial charge in [-0.05, 0) is 41.0 Å². The summed E-state index contributed by atoms with van der Waals surface area (Å²) in [6, 6.07) is 4.32. The normalized spacial score (nSPS) is 15.1. The first-order valence-corrected chi connectivity index (χ1v) is 6.70. The molecular weight excluding hydrogens is 224 g/mol. The van der Waals surface area contributed by atoms with Crippen molar-refractivity contribution < 1.29 is 4.79 Å². The number of anilines is 1. The van der Waals surface area contributed by atoms with Crippen LogP contribution >= 0.6 is 0 Å². The number of carbonyl (C=O) groups excluding carboxylic acids is 1. The summed E-state index contributed by atoms with van der Waals surface area (Å²) in [5, 5.41) is 5.77. The summed E-state index contributed by atoms with van der Waals surface area (Å²) < 4.78 is 0. The van der Waals surface area contributed by atoms with E-state index in [9.17, 15) is 4.79 Å². The van der Waals surface area contributed by atoms with E-state index in [1.807, 2.05) is 0 Å². The average molecular weight is 246 g/mol. The maximum absolute atomic E-state index is 11.5. The van der Waals surface area contributed by atoms with Gasteiger partial charge in [0.05, 0.1) is 0 Å². The summed E-state index contributed by atoms with van der Waals surface area (Å²) in [7, 11) is 0. The molecule has 1 heterocycles. The van der Waals surface area contributed by atoms with E-state index in [0.717, 1.165) is 12.1 Å². The Morgan fingerprint density at radius 2 is 1.67 bits per heavy atom. The Bertz CT molecular complexity index is 464. The van der Waals surface area contributed by atoms with Crippen LogP contribution in [-0.2, 0) is 6.42 Å². The van der Waals surface area contributed by atoms with Gasteiger partial charge in [-0.3, -0.25) is 0 Å². The van der Waals surface area contributed by atoms with Crippen LogP contribution in [0.15, 0.2) is 12.1 Å². The average Bonchev–Trinajstić information content (AvgIpc) is 2.47. The highest BCUT2D eigenvalue weighted by Crippen LogP contribution is 2.32. The summed E-state index contributed by atoms with van der Waals surface area (Å²) in [6.07, 6.45) is 0.895. The second kappa shape index (κ2) is 5.01. The van der Waals surface area contributed by atoms with Gasteiger partial charge < -0.3 is 10.6 Å². The quantitative estimate of drug-likeness (QED) is 0.822. The fraction of sp³-hybridized carbons (Fsp3) is 0.533. The van der Waals surface area contributed by atoms with Crippen molar-refractivity contribution in [1.82, 2.24) is 5.32 Å². The number of hydrogen-bond acceptors (Lipinski definition) is 1. The number of urea groups is 1. The molecule has 98 valence electrons. The van der Waals surface area contributed by atoms with Crippen molar-refractivity contribution in [2.24, 2.45) is 0 Å². The molecule has 2 rings (SSSR count). The van der Waals surface area contributed by atoms with E-state index in [-0.39, 0.29) is 6.03 Å². The summed E-state index contributed by atoms with van der Waals surface area (Å²) in [5.74, 6) is 0.987. The molecule has 0 saturated heterocycles. The predicted molar refractivity (Wildman–Crippen MR) is 75.3 cm³/mol. The van der Waals surface area contributed by atoms with Gasteiger partial charge in [-0.1, -0.05) is 33.8 Å². The lowest BCUT2D eigenvalue weighted by molar-refractivity contribution is 0.252. The highest BCUT2D eigenvalue weighted by molar-refractivity contribution is 5.91. The molecule has 3 nitrogen and oxygen atoms in total. The van der Waals surface area contributed by atoms with Crippen molar-refractivity contribution in [3.63, 3.8) is 0 Å². The zero-order valence-electron chi connectivity index (χ0n) is 11.6.